The molecule has 476 valence electrons. The van der Waals surface area contributed by atoms with Crippen LogP contribution in [0.4, 0.5) is 0 Å². The maximum Gasteiger partial charge on any atom is 0.500 e. The fourth-order valence-electron chi connectivity index (χ4n) is 9.49. The van der Waals surface area contributed by atoms with Crippen molar-refractivity contribution in [1.82, 2.24) is 0 Å². The van der Waals surface area contributed by atoms with E-state index in [0.29, 0.717) is 152 Å². The molecule has 12 nitrogen and oxygen atoms in total. The molecule has 32 heteroatoms. The molecule has 78 heavy (non-hydrogen) atoms. The Morgan fingerprint density at radius 3 is 0.795 bits per heavy atom. The molecule has 0 aliphatic heterocycles. The summed E-state index contributed by atoms with van der Waals surface area (Å²) < 4.78 is 78.2. The van der Waals surface area contributed by atoms with Crippen LogP contribution in [-0.4, -0.2) is 142 Å². The van der Waals surface area contributed by atoms with Crippen LogP contribution in [-0.2, 0) is 53.1 Å². The highest BCUT2D eigenvalue weighted by atomic mass is 33.8. The second-order valence-corrected chi connectivity index (χ2v) is 63.3. The van der Waals surface area contributed by atoms with E-state index in [4.69, 9.17) is 146 Å². The quantitative estimate of drug-likeness (QED) is 0.0168. The van der Waals surface area contributed by atoms with Gasteiger partial charge in [0.2, 0.25) is 0 Å². The van der Waals surface area contributed by atoms with Gasteiger partial charge in [-0.25, -0.2) is 0 Å². The zero-order valence-electron chi connectivity index (χ0n) is 49.9. The predicted molar refractivity (Wildman–Crippen MR) is 396 cm³/mol. The van der Waals surface area contributed by atoms with Gasteiger partial charge < -0.3 is 53.1 Å². The van der Waals surface area contributed by atoms with Crippen molar-refractivity contribution in [2.24, 2.45) is 5.92 Å². The molecule has 0 aliphatic carbocycles. The Kier molecular flexibility index (Phi) is 47.5. The van der Waals surface area contributed by atoms with Crippen LogP contribution in [0.15, 0.2) is 9.81 Å². The molecule has 0 saturated heterocycles. The minimum atomic E-state index is -3.08. The van der Waals surface area contributed by atoms with E-state index in [1.54, 1.807) is 19.7 Å². The average Bonchev–Trinajstić information content (AvgIpc) is 3.39. The van der Waals surface area contributed by atoms with E-state index >= 15 is 0 Å². The fraction of sp³-hybridized carbons (Fsp3) is 0.957. The molecule has 0 fully saturated rings. The third kappa shape index (κ3) is 25.1. The van der Waals surface area contributed by atoms with Crippen molar-refractivity contribution < 1.29 is 53.1 Å². The van der Waals surface area contributed by atoms with E-state index in [1.165, 1.54) is 29.5 Å². The van der Waals surface area contributed by atoms with Crippen LogP contribution in [0.1, 0.15) is 149 Å². The van der Waals surface area contributed by atoms with Crippen molar-refractivity contribution in [3.05, 3.63) is 9.81 Å². The molecule has 4 atom stereocenters. The molecular weight excluding hydrogens is 1370 g/mol. The van der Waals surface area contributed by atoms with Crippen LogP contribution < -0.4 is 0 Å². The van der Waals surface area contributed by atoms with Crippen molar-refractivity contribution in [1.29, 1.82) is 0 Å². The van der Waals surface area contributed by atoms with E-state index < -0.39 is 71.7 Å². The first-order chi connectivity index (χ1) is 37.0. The lowest BCUT2D eigenvalue weighted by Crippen LogP contribution is -2.47. The van der Waals surface area contributed by atoms with Gasteiger partial charge in [0.05, 0.1) is 4.08 Å². The summed E-state index contributed by atoms with van der Waals surface area (Å²) >= 11 is 46.0. The van der Waals surface area contributed by atoms with Gasteiger partial charge in [-0.2, -0.15) is 0 Å². The summed E-state index contributed by atoms with van der Waals surface area (Å²) in [7, 11) is -15.1. The maximum absolute atomic E-state index is 6.50. The smallest absolute Gasteiger partial charge is 0.374 e. The molecule has 0 aromatic heterocycles. The van der Waals surface area contributed by atoms with Crippen LogP contribution in [0.3, 0.4) is 0 Å². The molecule has 0 spiro atoms. The molecule has 0 rings (SSSR count). The van der Waals surface area contributed by atoms with Gasteiger partial charge in [0.25, 0.3) is 0 Å². The first-order valence-electron chi connectivity index (χ1n) is 27.9. The monoisotopic (exact) mass is 1480 g/mol. The van der Waals surface area contributed by atoms with Crippen LogP contribution in [0.2, 0.25) is 24.2 Å². The Hall–Kier alpha value is 5.73. The summed E-state index contributed by atoms with van der Waals surface area (Å²) in [5.41, 5.74) is 1.26. The predicted octanol–water partition coefficient (Wildman–Crippen LogP) is 19.1. The Morgan fingerprint density at radius 2 is 0.615 bits per heavy atom. The molecule has 0 amide bonds. The van der Waals surface area contributed by atoms with Gasteiger partial charge in [0, 0.05) is 108 Å². The zero-order valence-corrected chi connectivity index (χ0v) is 67.6. The van der Waals surface area contributed by atoms with Crippen LogP contribution in [0.5, 0.6) is 0 Å². The van der Waals surface area contributed by atoms with E-state index in [-0.39, 0.29) is 0 Å². The van der Waals surface area contributed by atoms with Crippen molar-refractivity contribution in [3.8, 4) is 0 Å². The van der Waals surface area contributed by atoms with Gasteiger partial charge in [-0.05, 0) is 202 Å². The molecular formula is C46H108O12S16Si4. The Balaban J connectivity index is 9.60. The van der Waals surface area contributed by atoms with Crippen molar-refractivity contribution in [3.63, 3.8) is 0 Å². The summed E-state index contributed by atoms with van der Waals surface area (Å²) in [6, 6.07) is 2.48. The summed E-state index contributed by atoms with van der Waals surface area (Å²) in [6.45, 7) is 36.8. The number of hydrogen-bond acceptors (Lipinski definition) is 24. The van der Waals surface area contributed by atoms with E-state index in [0.717, 1.165) is 25.7 Å². The van der Waals surface area contributed by atoms with Crippen LogP contribution in [0, 0.1) is 5.92 Å². The van der Waals surface area contributed by atoms with Gasteiger partial charge in [0.1, 0.15) is 0 Å². The summed E-state index contributed by atoms with van der Waals surface area (Å²) in [6.07, 6.45) is 5.18. The van der Waals surface area contributed by atoms with Gasteiger partial charge in [0.15, 0.2) is 0 Å². The SMILES string of the molecule is CCO[Si](CCCS(S)(SS)C(=C(CC)C(CCC(C)C)(S(S)(CCC[Si](OCC)(OCC)OCC)SS)S(S)(CCC[Si](OCC)(OCC)OCC)SS)S(S)(CCC[Si](OCC)(OCC)OCC)SS)(OCC)OCC. The molecule has 0 saturated carbocycles. The minimum Gasteiger partial charge on any atom is -0.374 e. The molecule has 0 heterocycles. The molecule has 0 aliphatic rings. The molecule has 0 radical (unpaired) electrons. The first kappa shape index (κ1) is 83.7. The Morgan fingerprint density at radius 1 is 0.385 bits per heavy atom. The number of hydrogen-bond donors (Lipinski definition) is 8. The molecule has 0 bridgehead atoms. The topological polar surface area (TPSA) is 111 Å². The van der Waals surface area contributed by atoms with E-state index in [2.05, 4.69) is 20.8 Å². The summed E-state index contributed by atoms with van der Waals surface area (Å²) in [4.78, 5) is 0. The average molecular weight is 1480 g/mol. The normalized spacial score (nSPS) is 18.6. The standard InChI is InChI=1S/C46H108O12S16Si4/c1-16-44(45(71(63,67-59)35-29-39-75(47-17-2,48-18-3)49-19-4)72(64,68-60)36-30-40-76(50-20-5,51-21-6)52-22-7)46(34-33-43(14)15,73(65,69-61)37-31-41-77(53-23-8,54-24-9)55-25-10)74(66,70-62)38-32-42-78(56-26-11,57-27-12)58-28-13/h43,59-66H,16-42H2,1-15H3. The van der Waals surface area contributed by atoms with Crippen molar-refractivity contribution in [2.75, 3.05) is 102 Å². The van der Waals surface area contributed by atoms with Gasteiger partial charge in [-0.1, -0.05) is 20.8 Å². The summed E-state index contributed by atoms with van der Waals surface area (Å²) in [5, 5.41) is 0. The van der Waals surface area contributed by atoms with Gasteiger partial charge in [-0.3, -0.25) is 0 Å². The highest BCUT2D eigenvalue weighted by Gasteiger charge is 2.61. The van der Waals surface area contributed by atoms with Crippen molar-refractivity contribution >= 4 is 200 Å². The van der Waals surface area contributed by atoms with Crippen LogP contribution in [0.25, 0.3) is 0 Å². The number of rotatable bonds is 53. The van der Waals surface area contributed by atoms with Gasteiger partial charge in [-0.15, -0.1) is 126 Å². The minimum absolute atomic E-state index is 0.333. The third-order valence-electron chi connectivity index (χ3n) is 12.2. The van der Waals surface area contributed by atoms with Crippen molar-refractivity contribution in [2.45, 2.75) is 177 Å². The maximum atomic E-state index is 6.50. The Bertz CT molecular complexity index is 1450. The van der Waals surface area contributed by atoms with Gasteiger partial charge >= 0.3 is 35.2 Å². The van der Waals surface area contributed by atoms with E-state index in [9.17, 15) is 0 Å². The lowest BCUT2D eigenvalue weighted by atomic mass is 10.0. The zero-order chi connectivity index (χ0) is 59.6. The first-order valence-corrected chi connectivity index (χ1v) is 56.6. The lowest BCUT2D eigenvalue weighted by Gasteiger charge is -2.64. The fourth-order valence-corrected chi connectivity index (χ4v) is 63.2. The van der Waals surface area contributed by atoms with Crippen LogP contribution >= 0.6 is 165 Å². The number of thiol groups is 8. The second kappa shape index (κ2) is 44.3. The molecule has 0 aromatic rings. The molecule has 4 unspecified atom stereocenters. The summed E-state index contributed by atoms with van der Waals surface area (Å²) in [5.74, 6) is 3.07. The third-order valence-corrected chi connectivity index (χ3v) is 68.8. The second-order valence-electron chi connectivity index (χ2n) is 17.8. The Labute approximate surface area is 542 Å². The highest BCUT2D eigenvalue weighted by molar-refractivity contribution is 9.43. The molecule has 0 N–H and O–H groups in total. The lowest BCUT2D eigenvalue weighted by molar-refractivity contribution is 0.0704. The largest absolute Gasteiger partial charge is 0.500 e. The van der Waals surface area contributed by atoms with E-state index in [1.807, 2.05) is 83.1 Å². The highest BCUT2D eigenvalue weighted by Crippen LogP contribution is 2.96. The molecule has 0 aromatic carbocycles.